The molecule has 1 aromatic carbocycles. The monoisotopic (exact) mass is 348 g/mol. The van der Waals surface area contributed by atoms with Gasteiger partial charge in [-0.1, -0.05) is 50.2 Å². The topological polar surface area (TPSA) is 23.8 Å². The lowest BCUT2D eigenvalue weighted by atomic mass is 10.1. The van der Waals surface area contributed by atoms with Crippen molar-refractivity contribution >= 4 is 5.65 Å². The number of hydrogen-bond acceptors (Lipinski definition) is 3. The summed E-state index contributed by atoms with van der Waals surface area (Å²) in [4.78, 5) is 10.1. The maximum absolute atomic E-state index is 4.93. The number of aromatic nitrogens is 2. The average Bonchev–Trinajstić information content (AvgIpc) is 3.02. The van der Waals surface area contributed by atoms with E-state index >= 15 is 0 Å². The molecule has 3 heterocycles. The van der Waals surface area contributed by atoms with Crippen molar-refractivity contribution in [2.45, 2.75) is 20.4 Å². The first-order valence-corrected chi connectivity index (χ1v) is 9.67. The van der Waals surface area contributed by atoms with Gasteiger partial charge in [-0.3, -0.25) is 4.90 Å². The Labute approximate surface area is 156 Å². The molecular formula is C22H28N4. The summed E-state index contributed by atoms with van der Waals surface area (Å²) in [6.07, 6.45) is 2.14. The molecule has 1 saturated heterocycles. The minimum atomic E-state index is 0.741. The molecule has 0 N–H and O–H groups in total. The third-order valence-corrected chi connectivity index (χ3v) is 5.14. The smallest absolute Gasteiger partial charge is 0.137 e. The summed E-state index contributed by atoms with van der Waals surface area (Å²) in [5.74, 6) is 0.741. The molecule has 0 bridgehead atoms. The van der Waals surface area contributed by atoms with E-state index in [2.05, 4.69) is 82.8 Å². The summed E-state index contributed by atoms with van der Waals surface area (Å²) in [6.45, 7) is 11.3. The second kappa shape index (κ2) is 7.60. The molecule has 0 atom stereocenters. The number of hydrogen-bond donors (Lipinski definition) is 0. The van der Waals surface area contributed by atoms with Gasteiger partial charge in [0.15, 0.2) is 0 Å². The second-order valence-corrected chi connectivity index (χ2v) is 7.67. The van der Waals surface area contributed by atoms with Crippen LogP contribution in [-0.4, -0.2) is 51.9 Å². The van der Waals surface area contributed by atoms with Crippen LogP contribution in [0.1, 0.15) is 19.5 Å². The molecule has 1 fully saturated rings. The summed E-state index contributed by atoms with van der Waals surface area (Å²) < 4.78 is 2.25. The fourth-order valence-corrected chi connectivity index (χ4v) is 3.88. The van der Waals surface area contributed by atoms with E-state index in [4.69, 9.17) is 4.98 Å². The first kappa shape index (κ1) is 17.3. The van der Waals surface area contributed by atoms with Crippen molar-refractivity contribution in [3.05, 3.63) is 60.4 Å². The van der Waals surface area contributed by atoms with Crippen molar-refractivity contribution in [2.24, 2.45) is 5.92 Å². The Bertz CT molecular complexity index is 845. The Kier molecular flexibility index (Phi) is 5.05. The van der Waals surface area contributed by atoms with Gasteiger partial charge in [-0.25, -0.2) is 4.98 Å². The van der Waals surface area contributed by atoms with Gasteiger partial charge in [-0.05, 0) is 18.1 Å². The van der Waals surface area contributed by atoms with Crippen LogP contribution in [0.4, 0.5) is 0 Å². The zero-order valence-corrected chi connectivity index (χ0v) is 15.8. The maximum atomic E-state index is 4.93. The molecule has 0 aliphatic carbocycles. The molecule has 4 heteroatoms. The second-order valence-electron chi connectivity index (χ2n) is 7.67. The number of imidazole rings is 1. The van der Waals surface area contributed by atoms with Crippen molar-refractivity contribution in [3.8, 4) is 11.3 Å². The SMILES string of the molecule is CC(C)CN1CCN(Cc2c(-c3ccccc3)nc3ccccn23)CC1. The van der Waals surface area contributed by atoms with Gasteiger partial charge in [0.1, 0.15) is 5.65 Å². The molecule has 0 unspecified atom stereocenters. The van der Waals surface area contributed by atoms with Crippen LogP contribution < -0.4 is 0 Å². The van der Waals surface area contributed by atoms with Gasteiger partial charge in [-0.2, -0.15) is 0 Å². The predicted molar refractivity (Wildman–Crippen MR) is 107 cm³/mol. The molecule has 3 aromatic rings. The van der Waals surface area contributed by atoms with Gasteiger partial charge < -0.3 is 9.30 Å². The third kappa shape index (κ3) is 3.67. The van der Waals surface area contributed by atoms with E-state index in [9.17, 15) is 0 Å². The van der Waals surface area contributed by atoms with E-state index in [1.807, 2.05) is 0 Å². The Morgan fingerprint density at radius 1 is 0.885 bits per heavy atom. The molecule has 4 rings (SSSR count). The summed E-state index contributed by atoms with van der Waals surface area (Å²) in [5, 5.41) is 0. The molecule has 0 saturated carbocycles. The maximum Gasteiger partial charge on any atom is 0.137 e. The number of benzene rings is 1. The van der Waals surface area contributed by atoms with Crippen LogP contribution in [0.2, 0.25) is 0 Å². The van der Waals surface area contributed by atoms with Crippen LogP contribution in [0.5, 0.6) is 0 Å². The van der Waals surface area contributed by atoms with Gasteiger partial charge in [0.2, 0.25) is 0 Å². The molecule has 0 amide bonds. The number of rotatable bonds is 5. The van der Waals surface area contributed by atoms with E-state index in [-0.39, 0.29) is 0 Å². The molecule has 0 spiro atoms. The minimum absolute atomic E-state index is 0.741. The Morgan fingerprint density at radius 2 is 1.58 bits per heavy atom. The van der Waals surface area contributed by atoms with Crippen LogP contribution in [0.25, 0.3) is 16.9 Å². The highest BCUT2D eigenvalue weighted by molar-refractivity contribution is 5.66. The Hall–Kier alpha value is -2.17. The summed E-state index contributed by atoms with van der Waals surface area (Å²) in [7, 11) is 0. The van der Waals surface area contributed by atoms with Gasteiger partial charge in [-0.15, -0.1) is 0 Å². The number of piperazine rings is 1. The number of nitrogens with zero attached hydrogens (tertiary/aromatic N) is 4. The summed E-state index contributed by atoms with van der Waals surface area (Å²) >= 11 is 0. The zero-order chi connectivity index (χ0) is 17.9. The largest absolute Gasteiger partial charge is 0.302 e. The first-order chi connectivity index (χ1) is 12.7. The van der Waals surface area contributed by atoms with Crippen LogP contribution in [0.15, 0.2) is 54.7 Å². The first-order valence-electron chi connectivity index (χ1n) is 9.67. The van der Waals surface area contributed by atoms with E-state index in [1.165, 1.54) is 17.8 Å². The fraction of sp³-hybridized carbons (Fsp3) is 0.409. The van der Waals surface area contributed by atoms with Crippen molar-refractivity contribution in [2.75, 3.05) is 32.7 Å². The molecule has 136 valence electrons. The van der Waals surface area contributed by atoms with Gasteiger partial charge in [0.25, 0.3) is 0 Å². The van der Waals surface area contributed by atoms with Crippen LogP contribution in [0.3, 0.4) is 0 Å². The van der Waals surface area contributed by atoms with Crippen LogP contribution in [-0.2, 0) is 6.54 Å². The lowest BCUT2D eigenvalue weighted by molar-refractivity contribution is 0.116. The zero-order valence-electron chi connectivity index (χ0n) is 15.8. The van der Waals surface area contributed by atoms with Crippen molar-refractivity contribution in [3.63, 3.8) is 0 Å². The normalized spacial score (nSPS) is 16.6. The van der Waals surface area contributed by atoms with Crippen molar-refractivity contribution in [1.29, 1.82) is 0 Å². The average molecular weight is 348 g/mol. The van der Waals surface area contributed by atoms with E-state index < -0.39 is 0 Å². The molecule has 4 nitrogen and oxygen atoms in total. The van der Waals surface area contributed by atoms with Crippen molar-refractivity contribution < 1.29 is 0 Å². The van der Waals surface area contributed by atoms with Gasteiger partial charge >= 0.3 is 0 Å². The van der Waals surface area contributed by atoms with Crippen LogP contribution in [0, 0.1) is 5.92 Å². The van der Waals surface area contributed by atoms with E-state index in [1.54, 1.807) is 0 Å². The highest BCUT2D eigenvalue weighted by Crippen LogP contribution is 2.26. The lowest BCUT2D eigenvalue weighted by Gasteiger charge is -2.35. The molecule has 26 heavy (non-hydrogen) atoms. The lowest BCUT2D eigenvalue weighted by Crippen LogP contribution is -2.47. The van der Waals surface area contributed by atoms with E-state index in [0.29, 0.717) is 0 Å². The quantitative estimate of drug-likeness (QED) is 0.701. The number of fused-ring (bicyclic) bond motifs is 1. The molecule has 0 radical (unpaired) electrons. The predicted octanol–water partition coefficient (Wildman–Crippen LogP) is 3.77. The van der Waals surface area contributed by atoms with E-state index in [0.717, 1.165) is 50.0 Å². The fourth-order valence-electron chi connectivity index (χ4n) is 3.88. The highest BCUT2D eigenvalue weighted by Gasteiger charge is 2.21. The standard InChI is InChI=1S/C22H28N4/c1-18(2)16-24-12-14-25(15-13-24)17-20-22(19-8-4-3-5-9-19)23-21-10-6-7-11-26(20)21/h3-11,18H,12-17H2,1-2H3. The Balaban J connectivity index is 1.58. The van der Waals surface area contributed by atoms with Gasteiger partial charge in [0, 0.05) is 51.0 Å². The van der Waals surface area contributed by atoms with Crippen LogP contribution >= 0.6 is 0 Å². The Morgan fingerprint density at radius 3 is 2.31 bits per heavy atom. The minimum Gasteiger partial charge on any atom is -0.302 e. The highest BCUT2D eigenvalue weighted by atomic mass is 15.3. The third-order valence-electron chi connectivity index (χ3n) is 5.14. The van der Waals surface area contributed by atoms with Crippen molar-refractivity contribution in [1.82, 2.24) is 19.2 Å². The summed E-state index contributed by atoms with van der Waals surface area (Å²) in [5.41, 5.74) is 4.63. The molecule has 1 aliphatic rings. The number of pyridine rings is 1. The van der Waals surface area contributed by atoms with Gasteiger partial charge in [0.05, 0.1) is 11.4 Å². The molecular weight excluding hydrogens is 320 g/mol. The molecule has 1 aliphatic heterocycles. The molecule has 2 aromatic heterocycles. The summed E-state index contributed by atoms with van der Waals surface area (Å²) in [6, 6.07) is 16.8.